The van der Waals surface area contributed by atoms with E-state index in [2.05, 4.69) is 17.3 Å². The van der Waals surface area contributed by atoms with Crippen LogP contribution >= 0.6 is 24.8 Å². The maximum absolute atomic E-state index is 3.55. The highest BCUT2D eigenvalue weighted by Crippen LogP contribution is 2.23. The number of fused-ring (bicyclic) bond motifs is 1. The van der Waals surface area contributed by atoms with Crippen LogP contribution in [0.3, 0.4) is 0 Å². The van der Waals surface area contributed by atoms with Gasteiger partial charge in [0.2, 0.25) is 0 Å². The van der Waals surface area contributed by atoms with E-state index in [0.29, 0.717) is 0 Å². The van der Waals surface area contributed by atoms with Crippen LogP contribution in [-0.4, -0.2) is 37.6 Å². The van der Waals surface area contributed by atoms with Crippen molar-refractivity contribution in [3.8, 4) is 0 Å². The molecule has 0 bridgehead atoms. The first-order chi connectivity index (χ1) is 4.86. The minimum absolute atomic E-state index is 0. The Kier molecular flexibility index (Phi) is 5.50. The molecule has 2 nitrogen and oxygen atoms in total. The van der Waals surface area contributed by atoms with Crippen molar-refractivity contribution in [3.63, 3.8) is 0 Å². The number of hydrogen-bond acceptors (Lipinski definition) is 2. The SMILES string of the molecule is CN1CCC2NCCC2C1.Cl.Cl. The van der Waals surface area contributed by atoms with E-state index >= 15 is 0 Å². The molecule has 0 amide bonds. The molecule has 2 unspecified atom stereocenters. The molecule has 4 heteroatoms. The first-order valence-corrected chi connectivity index (χ1v) is 4.28. The number of nitrogens with zero attached hydrogens (tertiary/aromatic N) is 1. The fourth-order valence-corrected chi connectivity index (χ4v) is 2.23. The molecule has 0 spiro atoms. The van der Waals surface area contributed by atoms with Gasteiger partial charge in [0.15, 0.2) is 0 Å². The monoisotopic (exact) mass is 212 g/mol. The molecule has 0 aromatic carbocycles. The first-order valence-electron chi connectivity index (χ1n) is 4.28. The fourth-order valence-electron chi connectivity index (χ4n) is 2.23. The predicted molar refractivity (Wildman–Crippen MR) is 56.5 cm³/mol. The van der Waals surface area contributed by atoms with Crippen molar-refractivity contribution < 1.29 is 0 Å². The molecular weight excluding hydrogens is 195 g/mol. The second kappa shape index (κ2) is 5.28. The predicted octanol–water partition coefficient (Wildman–Crippen LogP) is 1.14. The van der Waals surface area contributed by atoms with E-state index in [4.69, 9.17) is 0 Å². The number of hydrogen-bond donors (Lipinski definition) is 1. The third kappa shape index (κ3) is 2.49. The summed E-state index contributed by atoms with van der Waals surface area (Å²) < 4.78 is 0. The Bertz CT molecular complexity index is 132. The van der Waals surface area contributed by atoms with Crippen LogP contribution in [0.5, 0.6) is 0 Å². The molecule has 2 saturated heterocycles. The highest BCUT2D eigenvalue weighted by atomic mass is 35.5. The van der Waals surface area contributed by atoms with Crippen LogP contribution in [0.25, 0.3) is 0 Å². The van der Waals surface area contributed by atoms with E-state index in [9.17, 15) is 0 Å². The number of halogens is 2. The molecule has 0 aromatic rings. The van der Waals surface area contributed by atoms with Gasteiger partial charge in [-0.15, -0.1) is 24.8 Å². The summed E-state index contributed by atoms with van der Waals surface area (Å²) in [7, 11) is 2.23. The van der Waals surface area contributed by atoms with Crippen LogP contribution in [0.2, 0.25) is 0 Å². The van der Waals surface area contributed by atoms with E-state index in [0.717, 1.165) is 12.0 Å². The largest absolute Gasteiger partial charge is 0.314 e. The molecular formula is C8H18Cl2N2. The standard InChI is InChI=1S/C8H16N2.2ClH/c1-10-5-3-8-7(6-10)2-4-9-8;;/h7-9H,2-6H2,1H3;2*1H. The minimum atomic E-state index is 0. The summed E-state index contributed by atoms with van der Waals surface area (Å²) in [6.45, 7) is 3.86. The molecule has 0 aromatic heterocycles. The van der Waals surface area contributed by atoms with Crippen LogP contribution in [0.1, 0.15) is 12.8 Å². The Morgan fingerprint density at radius 2 is 2.00 bits per heavy atom. The fraction of sp³-hybridized carbons (Fsp3) is 1.00. The van der Waals surface area contributed by atoms with Gasteiger partial charge in [0, 0.05) is 12.6 Å². The van der Waals surface area contributed by atoms with E-state index in [-0.39, 0.29) is 24.8 Å². The van der Waals surface area contributed by atoms with Crippen molar-refractivity contribution >= 4 is 24.8 Å². The Morgan fingerprint density at radius 1 is 1.25 bits per heavy atom. The van der Waals surface area contributed by atoms with E-state index < -0.39 is 0 Å². The number of likely N-dealkylation sites (tertiary alicyclic amines) is 1. The van der Waals surface area contributed by atoms with E-state index in [1.165, 1.54) is 32.5 Å². The van der Waals surface area contributed by atoms with Crippen LogP contribution in [0.4, 0.5) is 0 Å². The van der Waals surface area contributed by atoms with Gasteiger partial charge in [-0.1, -0.05) is 0 Å². The molecule has 2 aliphatic heterocycles. The molecule has 2 rings (SSSR count). The molecule has 12 heavy (non-hydrogen) atoms. The van der Waals surface area contributed by atoms with Crippen LogP contribution < -0.4 is 5.32 Å². The Morgan fingerprint density at radius 3 is 2.75 bits per heavy atom. The Labute approximate surface area is 86.9 Å². The van der Waals surface area contributed by atoms with Gasteiger partial charge in [-0.05, 0) is 38.9 Å². The third-order valence-electron chi connectivity index (χ3n) is 2.86. The lowest BCUT2D eigenvalue weighted by Crippen LogP contribution is -2.42. The molecule has 2 heterocycles. The second-order valence-electron chi connectivity index (χ2n) is 3.66. The van der Waals surface area contributed by atoms with Crippen LogP contribution in [-0.2, 0) is 0 Å². The van der Waals surface area contributed by atoms with Crippen molar-refractivity contribution in [2.45, 2.75) is 18.9 Å². The second-order valence-corrected chi connectivity index (χ2v) is 3.66. The number of piperidine rings is 1. The molecule has 0 saturated carbocycles. The molecule has 0 radical (unpaired) electrons. The number of nitrogens with one attached hydrogen (secondary N) is 1. The van der Waals surface area contributed by atoms with Gasteiger partial charge in [0.25, 0.3) is 0 Å². The Hall–Kier alpha value is 0.500. The topological polar surface area (TPSA) is 15.3 Å². The summed E-state index contributed by atoms with van der Waals surface area (Å²) in [6.07, 6.45) is 2.76. The van der Waals surface area contributed by atoms with Gasteiger partial charge in [0.05, 0.1) is 0 Å². The quantitative estimate of drug-likeness (QED) is 0.649. The Balaban J connectivity index is 0.000000605. The lowest BCUT2D eigenvalue weighted by atomic mass is 9.94. The van der Waals surface area contributed by atoms with Crippen LogP contribution in [0.15, 0.2) is 0 Å². The van der Waals surface area contributed by atoms with Gasteiger partial charge >= 0.3 is 0 Å². The zero-order valence-corrected chi connectivity index (χ0v) is 9.09. The number of rotatable bonds is 0. The molecule has 2 fully saturated rings. The van der Waals surface area contributed by atoms with Gasteiger partial charge in [0.1, 0.15) is 0 Å². The van der Waals surface area contributed by atoms with E-state index in [1.54, 1.807) is 0 Å². The summed E-state index contributed by atoms with van der Waals surface area (Å²) in [5, 5.41) is 3.55. The van der Waals surface area contributed by atoms with Gasteiger partial charge in [-0.2, -0.15) is 0 Å². The highest BCUT2D eigenvalue weighted by Gasteiger charge is 2.30. The summed E-state index contributed by atoms with van der Waals surface area (Å²) >= 11 is 0. The zero-order chi connectivity index (χ0) is 6.97. The van der Waals surface area contributed by atoms with Gasteiger partial charge < -0.3 is 10.2 Å². The van der Waals surface area contributed by atoms with Crippen LogP contribution in [0, 0.1) is 5.92 Å². The maximum atomic E-state index is 3.55. The zero-order valence-electron chi connectivity index (χ0n) is 7.45. The van der Waals surface area contributed by atoms with Crippen molar-refractivity contribution in [1.29, 1.82) is 0 Å². The van der Waals surface area contributed by atoms with Crippen molar-refractivity contribution in [1.82, 2.24) is 10.2 Å². The summed E-state index contributed by atoms with van der Waals surface area (Å²) in [6, 6.07) is 0.858. The van der Waals surface area contributed by atoms with Gasteiger partial charge in [-0.3, -0.25) is 0 Å². The molecule has 2 atom stereocenters. The van der Waals surface area contributed by atoms with Crippen molar-refractivity contribution in [3.05, 3.63) is 0 Å². The summed E-state index contributed by atoms with van der Waals surface area (Å²) in [4.78, 5) is 2.45. The minimum Gasteiger partial charge on any atom is -0.314 e. The smallest absolute Gasteiger partial charge is 0.0120 e. The summed E-state index contributed by atoms with van der Waals surface area (Å²) in [5.41, 5.74) is 0. The summed E-state index contributed by atoms with van der Waals surface area (Å²) in [5.74, 6) is 0.957. The molecule has 74 valence electrons. The van der Waals surface area contributed by atoms with Crippen molar-refractivity contribution in [2.24, 2.45) is 5.92 Å². The first kappa shape index (κ1) is 12.5. The maximum Gasteiger partial charge on any atom is 0.0120 e. The normalized spacial score (nSPS) is 34.8. The highest BCUT2D eigenvalue weighted by molar-refractivity contribution is 5.85. The average Bonchev–Trinajstić information content (AvgIpc) is 2.33. The average molecular weight is 213 g/mol. The molecule has 2 aliphatic rings. The van der Waals surface area contributed by atoms with Gasteiger partial charge in [-0.25, -0.2) is 0 Å². The van der Waals surface area contributed by atoms with E-state index in [1.807, 2.05) is 0 Å². The molecule has 0 aliphatic carbocycles. The lowest BCUT2D eigenvalue weighted by Gasteiger charge is -2.31. The van der Waals surface area contributed by atoms with Crippen molar-refractivity contribution in [2.75, 3.05) is 26.7 Å². The third-order valence-corrected chi connectivity index (χ3v) is 2.86. The lowest BCUT2D eigenvalue weighted by molar-refractivity contribution is 0.195. The molecule has 1 N–H and O–H groups in total.